The van der Waals surface area contributed by atoms with E-state index in [0.717, 1.165) is 12.8 Å². The molecular weight excluding hydrogens is 200 g/mol. The molecule has 1 aliphatic rings. The number of carbonyl (C=O) groups excluding carboxylic acids is 1. The SMILES string of the molecule is CC(C(=O)Nc1nnc(N)s1)C1CC1. The summed E-state index contributed by atoms with van der Waals surface area (Å²) in [5.74, 6) is 0.643. The lowest BCUT2D eigenvalue weighted by molar-refractivity contribution is -0.119. The fourth-order valence-corrected chi connectivity index (χ4v) is 1.83. The standard InChI is InChI=1S/C8H12N4OS/c1-4(5-2-3-5)6(13)10-8-12-11-7(9)14-8/h4-5H,2-3H2,1H3,(H2,9,11)(H,10,12,13). The van der Waals surface area contributed by atoms with Crippen LogP contribution in [0.5, 0.6) is 0 Å². The summed E-state index contributed by atoms with van der Waals surface area (Å²) in [6.45, 7) is 1.94. The summed E-state index contributed by atoms with van der Waals surface area (Å²) in [7, 11) is 0. The summed E-state index contributed by atoms with van der Waals surface area (Å²) >= 11 is 1.19. The van der Waals surface area contributed by atoms with Crippen LogP contribution in [0, 0.1) is 11.8 Å². The second-order valence-corrected chi connectivity index (χ2v) is 4.57. The van der Waals surface area contributed by atoms with E-state index >= 15 is 0 Å². The topological polar surface area (TPSA) is 80.9 Å². The Morgan fingerprint density at radius 1 is 1.64 bits per heavy atom. The highest BCUT2D eigenvalue weighted by atomic mass is 32.1. The molecule has 76 valence electrons. The van der Waals surface area contributed by atoms with Gasteiger partial charge in [-0.1, -0.05) is 18.3 Å². The minimum atomic E-state index is 0.0173. The molecular formula is C8H12N4OS. The lowest BCUT2D eigenvalue weighted by atomic mass is 10.1. The van der Waals surface area contributed by atoms with E-state index in [9.17, 15) is 4.79 Å². The molecule has 1 aromatic rings. The molecule has 1 aliphatic carbocycles. The zero-order chi connectivity index (χ0) is 10.1. The Kier molecular flexibility index (Phi) is 2.37. The molecule has 1 unspecified atom stereocenters. The Hall–Kier alpha value is -1.17. The Morgan fingerprint density at radius 3 is 2.86 bits per heavy atom. The normalized spacial score (nSPS) is 17.8. The number of aromatic nitrogens is 2. The maximum Gasteiger partial charge on any atom is 0.229 e. The van der Waals surface area contributed by atoms with E-state index in [2.05, 4.69) is 15.5 Å². The molecule has 1 aromatic heterocycles. The Balaban J connectivity index is 1.93. The van der Waals surface area contributed by atoms with Crippen molar-refractivity contribution in [1.82, 2.24) is 10.2 Å². The summed E-state index contributed by atoms with van der Waals surface area (Å²) in [6, 6.07) is 0. The lowest BCUT2D eigenvalue weighted by Crippen LogP contribution is -2.21. The van der Waals surface area contributed by atoms with Crippen LogP contribution in [0.1, 0.15) is 19.8 Å². The van der Waals surface area contributed by atoms with E-state index in [1.807, 2.05) is 6.92 Å². The van der Waals surface area contributed by atoms with Crippen LogP contribution in [-0.4, -0.2) is 16.1 Å². The largest absolute Gasteiger partial charge is 0.374 e. The third-order valence-electron chi connectivity index (χ3n) is 2.41. The first kappa shape index (κ1) is 9.39. The van der Waals surface area contributed by atoms with Crippen molar-refractivity contribution in [3.8, 4) is 0 Å². The number of nitrogen functional groups attached to an aromatic ring is 1. The van der Waals surface area contributed by atoms with E-state index in [0.29, 0.717) is 16.2 Å². The van der Waals surface area contributed by atoms with Crippen molar-refractivity contribution in [2.24, 2.45) is 11.8 Å². The second-order valence-electron chi connectivity index (χ2n) is 3.56. The number of carbonyl (C=O) groups is 1. The fraction of sp³-hybridized carbons (Fsp3) is 0.625. The molecule has 2 rings (SSSR count). The van der Waals surface area contributed by atoms with Crippen molar-refractivity contribution in [3.63, 3.8) is 0 Å². The molecule has 0 aliphatic heterocycles. The second kappa shape index (κ2) is 3.53. The Morgan fingerprint density at radius 2 is 2.36 bits per heavy atom. The van der Waals surface area contributed by atoms with Crippen LogP contribution in [0.4, 0.5) is 10.3 Å². The molecule has 3 N–H and O–H groups in total. The quantitative estimate of drug-likeness (QED) is 0.786. The zero-order valence-electron chi connectivity index (χ0n) is 7.86. The highest BCUT2D eigenvalue weighted by Crippen LogP contribution is 2.37. The molecule has 1 amide bonds. The van der Waals surface area contributed by atoms with Crippen LogP contribution in [0.3, 0.4) is 0 Å². The number of amides is 1. The number of rotatable bonds is 3. The molecule has 1 atom stereocenters. The zero-order valence-corrected chi connectivity index (χ0v) is 8.67. The van der Waals surface area contributed by atoms with Crippen LogP contribution >= 0.6 is 11.3 Å². The molecule has 0 spiro atoms. The van der Waals surface area contributed by atoms with Gasteiger partial charge in [-0.05, 0) is 18.8 Å². The smallest absolute Gasteiger partial charge is 0.229 e. The van der Waals surface area contributed by atoms with Crippen molar-refractivity contribution in [2.45, 2.75) is 19.8 Å². The molecule has 1 saturated carbocycles. The van der Waals surface area contributed by atoms with Gasteiger partial charge < -0.3 is 11.1 Å². The molecule has 0 bridgehead atoms. The molecule has 5 nitrogen and oxygen atoms in total. The molecule has 1 heterocycles. The maximum absolute atomic E-state index is 11.6. The molecule has 1 fully saturated rings. The first-order valence-corrected chi connectivity index (χ1v) is 5.38. The molecule has 14 heavy (non-hydrogen) atoms. The fourth-order valence-electron chi connectivity index (χ4n) is 1.31. The summed E-state index contributed by atoms with van der Waals surface area (Å²) in [5.41, 5.74) is 5.40. The van der Waals surface area contributed by atoms with Crippen molar-refractivity contribution < 1.29 is 4.79 Å². The van der Waals surface area contributed by atoms with Gasteiger partial charge >= 0.3 is 0 Å². The van der Waals surface area contributed by atoms with Crippen LogP contribution < -0.4 is 11.1 Å². The number of nitrogens with zero attached hydrogens (tertiary/aromatic N) is 2. The lowest BCUT2D eigenvalue weighted by Gasteiger charge is -2.07. The van der Waals surface area contributed by atoms with Crippen molar-refractivity contribution >= 4 is 27.5 Å². The van der Waals surface area contributed by atoms with E-state index < -0.39 is 0 Å². The highest BCUT2D eigenvalue weighted by Gasteiger charge is 2.32. The minimum Gasteiger partial charge on any atom is -0.374 e. The van der Waals surface area contributed by atoms with Crippen molar-refractivity contribution in [2.75, 3.05) is 11.1 Å². The van der Waals surface area contributed by atoms with Crippen molar-refractivity contribution in [3.05, 3.63) is 0 Å². The van der Waals surface area contributed by atoms with E-state index in [-0.39, 0.29) is 11.8 Å². The highest BCUT2D eigenvalue weighted by molar-refractivity contribution is 7.18. The molecule has 0 aromatic carbocycles. The van der Waals surface area contributed by atoms with Crippen LogP contribution in [0.2, 0.25) is 0 Å². The van der Waals surface area contributed by atoms with Gasteiger partial charge in [-0.25, -0.2) is 0 Å². The Bertz CT molecular complexity index is 347. The number of hydrogen-bond acceptors (Lipinski definition) is 5. The van der Waals surface area contributed by atoms with Crippen LogP contribution in [0.25, 0.3) is 0 Å². The summed E-state index contributed by atoms with van der Waals surface area (Å²) in [6.07, 6.45) is 2.32. The maximum atomic E-state index is 11.6. The van der Waals surface area contributed by atoms with Gasteiger partial charge in [0.1, 0.15) is 0 Å². The number of nitrogens with one attached hydrogen (secondary N) is 1. The van der Waals surface area contributed by atoms with Crippen LogP contribution in [0.15, 0.2) is 0 Å². The predicted molar refractivity (Wildman–Crippen MR) is 54.8 cm³/mol. The van der Waals surface area contributed by atoms with Gasteiger partial charge in [0.15, 0.2) is 0 Å². The van der Waals surface area contributed by atoms with Gasteiger partial charge in [0, 0.05) is 5.92 Å². The summed E-state index contributed by atoms with van der Waals surface area (Å²) in [4.78, 5) is 11.6. The third-order valence-corrected chi connectivity index (χ3v) is 3.08. The Labute approximate surface area is 85.7 Å². The van der Waals surface area contributed by atoms with Gasteiger partial charge in [0.2, 0.25) is 16.2 Å². The monoisotopic (exact) mass is 212 g/mol. The van der Waals surface area contributed by atoms with Crippen LogP contribution in [-0.2, 0) is 4.79 Å². The average molecular weight is 212 g/mol. The third kappa shape index (κ3) is 2.01. The average Bonchev–Trinajstić information content (AvgIpc) is 2.91. The van der Waals surface area contributed by atoms with Gasteiger partial charge in [-0.2, -0.15) is 0 Å². The van der Waals surface area contributed by atoms with Gasteiger partial charge in [-0.15, -0.1) is 10.2 Å². The van der Waals surface area contributed by atoms with Gasteiger partial charge in [0.05, 0.1) is 0 Å². The summed E-state index contributed by atoms with van der Waals surface area (Å²) in [5, 5.41) is 10.9. The number of hydrogen-bond donors (Lipinski definition) is 2. The molecule has 0 saturated heterocycles. The van der Waals surface area contributed by atoms with E-state index in [1.54, 1.807) is 0 Å². The predicted octanol–water partition coefficient (Wildman–Crippen LogP) is 1.10. The first-order chi connectivity index (χ1) is 6.66. The van der Waals surface area contributed by atoms with Crippen molar-refractivity contribution in [1.29, 1.82) is 0 Å². The first-order valence-electron chi connectivity index (χ1n) is 4.56. The van der Waals surface area contributed by atoms with Gasteiger partial charge in [0.25, 0.3) is 0 Å². The molecule has 0 radical (unpaired) electrons. The molecule has 6 heteroatoms. The minimum absolute atomic E-state index is 0.0173. The number of nitrogens with two attached hydrogens (primary N) is 1. The van der Waals surface area contributed by atoms with E-state index in [4.69, 9.17) is 5.73 Å². The van der Waals surface area contributed by atoms with Gasteiger partial charge in [-0.3, -0.25) is 4.79 Å². The summed E-state index contributed by atoms with van der Waals surface area (Å²) < 4.78 is 0. The van der Waals surface area contributed by atoms with E-state index in [1.165, 1.54) is 11.3 Å². The number of anilines is 2.